The third-order valence-corrected chi connectivity index (χ3v) is 3.79. The molecule has 0 bridgehead atoms. The van der Waals surface area contributed by atoms with Gasteiger partial charge in [0, 0.05) is 5.69 Å². The van der Waals surface area contributed by atoms with Gasteiger partial charge in [0.05, 0.1) is 37.1 Å². The second-order valence-electron chi connectivity index (χ2n) is 5.47. The zero-order valence-corrected chi connectivity index (χ0v) is 15.1. The number of carbonyl (C=O) groups is 1. The standard InChI is InChI=1S/C20H20N4O3/c1-26-14-6-3-13(4-7-14)5-9-16(22)18-17(23)10-8-15(19(18)27-2)20(25)24-12-11-21/h3-10,22H,12,23H2,1-2H3,(H,24,25)/b9-5+,22-16?. The Kier molecular flexibility index (Phi) is 6.55. The number of nitrogen functional groups attached to an aromatic ring is 1. The van der Waals surface area contributed by atoms with Crippen LogP contribution in [0.15, 0.2) is 42.5 Å². The minimum absolute atomic E-state index is 0.0927. The molecule has 0 spiro atoms. The molecule has 1 amide bonds. The van der Waals surface area contributed by atoms with E-state index in [4.69, 9.17) is 25.9 Å². The van der Waals surface area contributed by atoms with Crippen LogP contribution >= 0.6 is 0 Å². The number of hydrogen-bond acceptors (Lipinski definition) is 6. The van der Waals surface area contributed by atoms with Gasteiger partial charge in [-0.2, -0.15) is 5.26 Å². The lowest BCUT2D eigenvalue weighted by Gasteiger charge is -2.14. The maximum absolute atomic E-state index is 12.2. The van der Waals surface area contributed by atoms with Crippen molar-refractivity contribution in [3.63, 3.8) is 0 Å². The summed E-state index contributed by atoms with van der Waals surface area (Å²) in [6.45, 7) is -0.128. The fourth-order valence-electron chi connectivity index (χ4n) is 2.46. The third kappa shape index (κ3) is 4.64. The van der Waals surface area contributed by atoms with Crippen LogP contribution in [0.2, 0.25) is 0 Å². The lowest BCUT2D eigenvalue weighted by atomic mass is 10.0. The van der Waals surface area contributed by atoms with Gasteiger partial charge < -0.3 is 25.9 Å². The number of amides is 1. The normalized spacial score (nSPS) is 10.3. The van der Waals surface area contributed by atoms with Crippen molar-refractivity contribution in [1.29, 1.82) is 10.7 Å². The summed E-state index contributed by atoms with van der Waals surface area (Å²) in [6.07, 6.45) is 3.33. The maximum atomic E-state index is 12.2. The van der Waals surface area contributed by atoms with Crippen molar-refractivity contribution >= 4 is 23.4 Å². The van der Waals surface area contributed by atoms with E-state index in [9.17, 15) is 4.79 Å². The van der Waals surface area contributed by atoms with Crippen molar-refractivity contribution in [3.05, 3.63) is 59.2 Å². The summed E-state index contributed by atoms with van der Waals surface area (Å²) in [5.41, 5.74) is 7.82. The van der Waals surface area contributed by atoms with Crippen LogP contribution in [-0.2, 0) is 0 Å². The maximum Gasteiger partial charge on any atom is 0.255 e. The molecule has 0 aromatic heterocycles. The van der Waals surface area contributed by atoms with E-state index >= 15 is 0 Å². The van der Waals surface area contributed by atoms with E-state index in [1.165, 1.54) is 19.2 Å². The first-order valence-electron chi connectivity index (χ1n) is 8.04. The zero-order valence-electron chi connectivity index (χ0n) is 15.1. The lowest BCUT2D eigenvalue weighted by molar-refractivity contribution is 0.0955. The van der Waals surface area contributed by atoms with Crippen molar-refractivity contribution in [2.45, 2.75) is 0 Å². The summed E-state index contributed by atoms with van der Waals surface area (Å²) in [5.74, 6) is 0.459. The number of nitriles is 1. The van der Waals surface area contributed by atoms with Crippen LogP contribution in [-0.4, -0.2) is 32.4 Å². The first-order valence-corrected chi connectivity index (χ1v) is 8.04. The van der Waals surface area contributed by atoms with Gasteiger partial charge in [-0.15, -0.1) is 0 Å². The predicted molar refractivity (Wildman–Crippen MR) is 104 cm³/mol. The highest BCUT2D eigenvalue weighted by atomic mass is 16.5. The van der Waals surface area contributed by atoms with Gasteiger partial charge in [-0.3, -0.25) is 4.79 Å². The molecule has 0 aliphatic rings. The van der Waals surface area contributed by atoms with Gasteiger partial charge in [0.25, 0.3) is 5.91 Å². The topological polar surface area (TPSA) is 121 Å². The quantitative estimate of drug-likeness (QED) is 0.396. The second-order valence-corrected chi connectivity index (χ2v) is 5.47. The zero-order chi connectivity index (χ0) is 19.8. The molecule has 7 nitrogen and oxygen atoms in total. The Morgan fingerprint density at radius 1 is 1.22 bits per heavy atom. The Bertz CT molecular complexity index is 912. The number of ether oxygens (including phenoxy) is 2. The molecule has 4 N–H and O–H groups in total. The van der Waals surface area contributed by atoms with E-state index < -0.39 is 5.91 Å². The van der Waals surface area contributed by atoms with Crippen LogP contribution in [0.5, 0.6) is 11.5 Å². The summed E-state index contributed by atoms with van der Waals surface area (Å²) in [5, 5.41) is 19.4. The van der Waals surface area contributed by atoms with E-state index in [0.717, 1.165) is 11.3 Å². The number of methoxy groups -OCH3 is 2. The SMILES string of the molecule is COc1ccc(/C=C/C(=N)c2c(N)ccc(C(=O)NCC#N)c2OC)cc1. The average molecular weight is 364 g/mol. The second kappa shape index (κ2) is 9.06. The number of nitrogens with zero attached hydrogens (tertiary/aromatic N) is 1. The number of carbonyl (C=O) groups excluding carboxylic acids is 1. The molecule has 7 heteroatoms. The molecule has 0 aliphatic heterocycles. The Morgan fingerprint density at radius 2 is 1.93 bits per heavy atom. The minimum Gasteiger partial charge on any atom is -0.497 e. The Balaban J connectivity index is 2.35. The molecule has 2 aromatic carbocycles. The number of benzene rings is 2. The fourth-order valence-corrected chi connectivity index (χ4v) is 2.46. The van der Waals surface area contributed by atoms with Crippen LogP contribution in [0.3, 0.4) is 0 Å². The van der Waals surface area contributed by atoms with E-state index in [1.807, 2.05) is 30.3 Å². The van der Waals surface area contributed by atoms with Crippen LogP contribution in [0.4, 0.5) is 5.69 Å². The number of allylic oxidation sites excluding steroid dienone is 1. The van der Waals surface area contributed by atoms with E-state index in [1.54, 1.807) is 19.3 Å². The van der Waals surface area contributed by atoms with E-state index in [-0.39, 0.29) is 23.6 Å². The molecular formula is C20H20N4O3. The summed E-state index contributed by atoms with van der Waals surface area (Å²) < 4.78 is 10.5. The van der Waals surface area contributed by atoms with Crippen LogP contribution in [0, 0.1) is 16.7 Å². The summed E-state index contributed by atoms with van der Waals surface area (Å²) >= 11 is 0. The van der Waals surface area contributed by atoms with Gasteiger partial charge in [0.2, 0.25) is 0 Å². The van der Waals surface area contributed by atoms with Crippen molar-refractivity contribution in [1.82, 2.24) is 5.32 Å². The first kappa shape index (κ1) is 19.5. The van der Waals surface area contributed by atoms with Crippen LogP contribution in [0.1, 0.15) is 21.5 Å². The molecule has 0 heterocycles. The largest absolute Gasteiger partial charge is 0.497 e. The van der Waals surface area contributed by atoms with Gasteiger partial charge in [-0.05, 0) is 35.9 Å². The molecule has 0 atom stereocenters. The monoisotopic (exact) mass is 364 g/mol. The molecule has 0 saturated heterocycles. The highest BCUT2D eigenvalue weighted by Gasteiger charge is 2.19. The molecule has 0 unspecified atom stereocenters. The molecule has 0 radical (unpaired) electrons. The molecule has 0 aliphatic carbocycles. The minimum atomic E-state index is -0.471. The number of nitrogens with one attached hydrogen (secondary N) is 2. The van der Waals surface area contributed by atoms with Crippen molar-refractivity contribution < 1.29 is 14.3 Å². The fraction of sp³-hybridized carbons (Fsp3) is 0.150. The van der Waals surface area contributed by atoms with Crippen LogP contribution < -0.4 is 20.5 Å². The van der Waals surface area contributed by atoms with Gasteiger partial charge in [-0.1, -0.05) is 18.2 Å². The summed E-state index contributed by atoms with van der Waals surface area (Å²) in [6, 6.07) is 12.2. The average Bonchev–Trinajstić information content (AvgIpc) is 2.70. The smallest absolute Gasteiger partial charge is 0.255 e. The third-order valence-electron chi connectivity index (χ3n) is 3.79. The van der Waals surface area contributed by atoms with Gasteiger partial charge in [0.15, 0.2) is 0 Å². The molecule has 2 aromatic rings. The number of hydrogen-bond donors (Lipinski definition) is 3. The number of rotatable bonds is 7. The van der Waals surface area contributed by atoms with Crippen LogP contribution in [0.25, 0.3) is 6.08 Å². The predicted octanol–water partition coefficient (Wildman–Crippen LogP) is 2.62. The number of anilines is 1. The molecule has 138 valence electrons. The van der Waals surface area contributed by atoms with Gasteiger partial charge >= 0.3 is 0 Å². The van der Waals surface area contributed by atoms with E-state index in [2.05, 4.69) is 5.32 Å². The van der Waals surface area contributed by atoms with Crippen molar-refractivity contribution in [2.24, 2.45) is 0 Å². The molecule has 2 rings (SSSR count). The van der Waals surface area contributed by atoms with Gasteiger partial charge in [0.1, 0.15) is 18.0 Å². The molecular weight excluding hydrogens is 344 g/mol. The highest BCUT2D eigenvalue weighted by molar-refractivity contribution is 6.15. The lowest BCUT2D eigenvalue weighted by Crippen LogP contribution is -2.24. The van der Waals surface area contributed by atoms with Gasteiger partial charge in [-0.25, -0.2) is 0 Å². The summed E-state index contributed by atoms with van der Waals surface area (Å²) in [4.78, 5) is 12.2. The Morgan fingerprint density at radius 3 is 2.52 bits per heavy atom. The molecule has 0 fully saturated rings. The van der Waals surface area contributed by atoms with E-state index in [0.29, 0.717) is 11.3 Å². The van der Waals surface area contributed by atoms with Crippen molar-refractivity contribution in [2.75, 3.05) is 26.5 Å². The Labute approximate surface area is 157 Å². The first-order chi connectivity index (χ1) is 13.0. The Hall–Kier alpha value is -3.79. The summed E-state index contributed by atoms with van der Waals surface area (Å²) in [7, 11) is 3.00. The highest BCUT2D eigenvalue weighted by Crippen LogP contribution is 2.30. The van der Waals surface area contributed by atoms with Crippen molar-refractivity contribution in [3.8, 4) is 17.6 Å². The number of nitrogens with two attached hydrogens (primary N) is 1. The molecule has 0 saturated carbocycles. The molecule has 27 heavy (non-hydrogen) atoms.